The van der Waals surface area contributed by atoms with Crippen LogP contribution in [0.3, 0.4) is 0 Å². The molecule has 0 amide bonds. The molecule has 0 bridgehead atoms. The average molecular weight is 703 g/mol. The van der Waals surface area contributed by atoms with Gasteiger partial charge in [-0.2, -0.15) is 0 Å². The highest BCUT2D eigenvalue weighted by Gasteiger charge is 2.18. The Balaban J connectivity index is 0.973. The molecule has 0 aliphatic rings. The third-order valence-electron chi connectivity index (χ3n) is 11.4. The maximum absolute atomic E-state index is 6.22. The van der Waals surface area contributed by atoms with E-state index in [-0.39, 0.29) is 0 Å². The van der Waals surface area contributed by atoms with Crippen molar-refractivity contribution in [3.63, 3.8) is 0 Å². The van der Waals surface area contributed by atoms with Gasteiger partial charge in [-0.05, 0) is 113 Å². The number of para-hydroxylation sites is 1. The Morgan fingerprint density at radius 1 is 0.296 bits per heavy atom. The van der Waals surface area contributed by atoms with Gasteiger partial charge in [0.05, 0.1) is 0 Å². The van der Waals surface area contributed by atoms with Crippen LogP contribution in [0.5, 0.6) is 0 Å². The molecule has 12 rings (SSSR count). The van der Waals surface area contributed by atoms with Crippen LogP contribution in [-0.4, -0.2) is 0 Å². The zero-order valence-corrected chi connectivity index (χ0v) is 30.0. The van der Waals surface area contributed by atoms with Gasteiger partial charge in [0.15, 0.2) is 0 Å². The topological polar surface area (TPSA) is 13.1 Å². The van der Waals surface area contributed by atoms with E-state index < -0.39 is 0 Å². The second-order valence-electron chi connectivity index (χ2n) is 14.4. The molecule has 0 aliphatic heterocycles. The molecule has 2 aromatic heterocycles. The Labute approximate surface area is 314 Å². The summed E-state index contributed by atoms with van der Waals surface area (Å²) in [6.07, 6.45) is 0. The summed E-state index contributed by atoms with van der Waals surface area (Å²) in [7, 11) is 0. The molecule has 54 heavy (non-hydrogen) atoms. The largest absolute Gasteiger partial charge is 0.456 e. The van der Waals surface area contributed by atoms with Gasteiger partial charge in [0.25, 0.3) is 0 Å². The van der Waals surface area contributed by atoms with Crippen molar-refractivity contribution in [2.75, 3.05) is 0 Å². The predicted molar refractivity (Wildman–Crippen MR) is 233 cm³/mol. The van der Waals surface area contributed by atoms with Gasteiger partial charge >= 0.3 is 0 Å². The lowest BCUT2D eigenvalue weighted by Gasteiger charge is -2.19. The van der Waals surface area contributed by atoms with E-state index in [1.165, 1.54) is 107 Å². The molecule has 2 heterocycles. The minimum absolute atomic E-state index is 0.942. The Hall–Kier alpha value is -6.74. The molecular weight excluding hydrogens is 673 g/mol. The molecule has 1 nitrogen and oxygen atoms in total. The monoisotopic (exact) mass is 702 g/mol. The maximum Gasteiger partial charge on any atom is 0.136 e. The molecule has 12 aromatic rings. The highest BCUT2D eigenvalue weighted by molar-refractivity contribution is 7.26. The van der Waals surface area contributed by atoms with Crippen LogP contribution >= 0.6 is 11.3 Å². The molecule has 0 aliphatic carbocycles. The first-order chi connectivity index (χ1) is 26.7. The SMILES string of the molecule is c1ccc2c(-c3c4ccccc4c(-c4ccc(-c5ccc6cc7c(cc6c5)sc5cc6oc8ccccc8c6cc57)cc4)c4ccccc34)cccc2c1. The smallest absolute Gasteiger partial charge is 0.136 e. The summed E-state index contributed by atoms with van der Waals surface area (Å²) in [5.41, 5.74) is 9.40. The molecule has 0 unspecified atom stereocenters. The van der Waals surface area contributed by atoms with Gasteiger partial charge < -0.3 is 4.42 Å². The van der Waals surface area contributed by atoms with Crippen LogP contribution in [0.1, 0.15) is 0 Å². The van der Waals surface area contributed by atoms with Gasteiger partial charge in [-0.15, -0.1) is 11.3 Å². The minimum Gasteiger partial charge on any atom is -0.456 e. The summed E-state index contributed by atoms with van der Waals surface area (Å²) in [5.74, 6) is 0. The van der Waals surface area contributed by atoms with Crippen molar-refractivity contribution in [3.8, 4) is 33.4 Å². The first-order valence-corrected chi connectivity index (χ1v) is 19.3. The summed E-state index contributed by atoms with van der Waals surface area (Å²) >= 11 is 1.84. The first-order valence-electron chi connectivity index (χ1n) is 18.5. The van der Waals surface area contributed by atoms with Gasteiger partial charge in [-0.1, -0.05) is 146 Å². The third-order valence-corrected chi connectivity index (χ3v) is 12.5. The van der Waals surface area contributed by atoms with E-state index in [4.69, 9.17) is 4.42 Å². The Bertz CT molecular complexity index is 3430. The molecule has 0 atom stereocenters. The van der Waals surface area contributed by atoms with Crippen molar-refractivity contribution in [1.29, 1.82) is 0 Å². The van der Waals surface area contributed by atoms with Crippen LogP contribution in [0.15, 0.2) is 186 Å². The van der Waals surface area contributed by atoms with Crippen molar-refractivity contribution in [3.05, 3.63) is 182 Å². The lowest BCUT2D eigenvalue weighted by Crippen LogP contribution is -1.91. The quantitative estimate of drug-likeness (QED) is 0.167. The third kappa shape index (κ3) is 4.38. The van der Waals surface area contributed by atoms with Gasteiger partial charge in [-0.3, -0.25) is 0 Å². The fourth-order valence-electron chi connectivity index (χ4n) is 8.92. The van der Waals surface area contributed by atoms with Crippen molar-refractivity contribution in [2.45, 2.75) is 0 Å². The van der Waals surface area contributed by atoms with Crippen molar-refractivity contribution in [2.24, 2.45) is 0 Å². The molecule has 0 fully saturated rings. The van der Waals surface area contributed by atoms with E-state index in [1.807, 2.05) is 17.4 Å². The summed E-state index contributed by atoms with van der Waals surface area (Å²) in [6, 6.07) is 66.9. The molecule has 2 heteroatoms. The molecule has 10 aromatic carbocycles. The van der Waals surface area contributed by atoms with E-state index in [0.717, 1.165) is 11.2 Å². The second-order valence-corrected chi connectivity index (χ2v) is 15.5. The highest BCUT2D eigenvalue weighted by Crippen LogP contribution is 2.46. The zero-order chi connectivity index (χ0) is 35.3. The zero-order valence-electron chi connectivity index (χ0n) is 29.1. The minimum atomic E-state index is 0.942. The predicted octanol–water partition coefficient (Wildman–Crippen LogP) is 15.6. The summed E-state index contributed by atoms with van der Waals surface area (Å²) in [6.45, 7) is 0. The number of benzene rings is 10. The fourth-order valence-corrected chi connectivity index (χ4v) is 10.1. The number of hydrogen-bond donors (Lipinski definition) is 0. The van der Waals surface area contributed by atoms with E-state index in [1.54, 1.807) is 0 Å². The summed E-state index contributed by atoms with van der Waals surface area (Å²) in [4.78, 5) is 0. The normalized spacial score (nSPS) is 12.1. The second kappa shape index (κ2) is 11.4. The van der Waals surface area contributed by atoms with Crippen molar-refractivity contribution < 1.29 is 4.42 Å². The summed E-state index contributed by atoms with van der Waals surface area (Å²) < 4.78 is 8.78. The fraction of sp³-hybridized carbons (Fsp3) is 0. The van der Waals surface area contributed by atoms with Crippen LogP contribution in [0.2, 0.25) is 0 Å². The van der Waals surface area contributed by atoms with Crippen LogP contribution in [0.25, 0.3) is 119 Å². The van der Waals surface area contributed by atoms with Crippen molar-refractivity contribution >= 4 is 96.5 Å². The van der Waals surface area contributed by atoms with Crippen LogP contribution < -0.4 is 0 Å². The maximum atomic E-state index is 6.22. The van der Waals surface area contributed by atoms with Gasteiger partial charge in [0, 0.05) is 30.9 Å². The van der Waals surface area contributed by atoms with Crippen molar-refractivity contribution in [1.82, 2.24) is 0 Å². The summed E-state index contributed by atoms with van der Waals surface area (Å²) in [5, 5.41) is 15.1. The Kier molecular flexibility index (Phi) is 6.28. The molecule has 0 N–H and O–H groups in total. The molecular formula is C52H30OS. The number of furan rings is 1. The van der Waals surface area contributed by atoms with E-state index in [0.29, 0.717) is 0 Å². The number of rotatable bonds is 3. The Morgan fingerprint density at radius 2 is 0.889 bits per heavy atom. The number of hydrogen-bond acceptors (Lipinski definition) is 2. The van der Waals surface area contributed by atoms with Gasteiger partial charge in [0.2, 0.25) is 0 Å². The molecule has 0 saturated carbocycles. The molecule has 0 radical (unpaired) electrons. The number of thiophene rings is 1. The highest BCUT2D eigenvalue weighted by atomic mass is 32.1. The van der Waals surface area contributed by atoms with Crippen LogP contribution in [0, 0.1) is 0 Å². The standard InChI is InChI=1S/C52H30OS/c1-2-12-37-32(10-1)11-9-18-39(37)52-42-16-5-3-14-40(42)51(41-15-4-6-17-43(41)52)33-22-20-31(21-23-33)34-24-25-35-27-45-46-29-44-38-13-7-8-19-47(38)53-48(44)30-50(46)54-49(45)28-36(35)26-34/h1-30H. The Morgan fingerprint density at radius 3 is 1.67 bits per heavy atom. The molecule has 250 valence electrons. The molecule has 0 saturated heterocycles. The molecule has 0 spiro atoms. The van der Waals surface area contributed by atoms with Gasteiger partial charge in [0.1, 0.15) is 11.2 Å². The van der Waals surface area contributed by atoms with Gasteiger partial charge in [-0.25, -0.2) is 0 Å². The lowest BCUT2D eigenvalue weighted by molar-refractivity contribution is 0.669. The number of fused-ring (bicyclic) bond motifs is 10. The van der Waals surface area contributed by atoms with Crippen LogP contribution in [0.4, 0.5) is 0 Å². The van der Waals surface area contributed by atoms with E-state index in [2.05, 4.69) is 176 Å². The first kappa shape index (κ1) is 29.8. The average Bonchev–Trinajstić information content (AvgIpc) is 3.77. The lowest BCUT2D eigenvalue weighted by atomic mass is 9.84. The van der Waals surface area contributed by atoms with E-state index in [9.17, 15) is 0 Å². The van der Waals surface area contributed by atoms with E-state index >= 15 is 0 Å². The van der Waals surface area contributed by atoms with Crippen LogP contribution in [-0.2, 0) is 0 Å².